The number of nitrogens with zero attached hydrogens (tertiary/aromatic N) is 1. The Hall–Kier alpha value is -1.70. The molecule has 1 heterocycles. The van der Waals surface area contributed by atoms with Gasteiger partial charge in [-0.2, -0.15) is 4.31 Å². The number of hydrogen-bond acceptors (Lipinski definition) is 4. The SMILES string of the molecule is CCN(CC)S(=O)(=O)c1cc(NC(=O)c2sccc2C2CC2)ccc1C. The summed E-state index contributed by atoms with van der Waals surface area (Å²) in [6.07, 6.45) is 2.27. The monoisotopic (exact) mass is 392 g/mol. The first-order valence-electron chi connectivity index (χ1n) is 8.88. The number of benzene rings is 1. The molecule has 1 aromatic carbocycles. The number of hydrogen-bond donors (Lipinski definition) is 1. The summed E-state index contributed by atoms with van der Waals surface area (Å²) in [6.45, 7) is 6.23. The molecule has 0 aliphatic heterocycles. The molecule has 1 amide bonds. The van der Waals surface area contributed by atoms with Gasteiger partial charge in [0.05, 0.1) is 9.77 Å². The van der Waals surface area contributed by atoms with Gasteiger partial charge in [0.2, 0.25) is 10.0 Å². The Balaban J connectivity index is 1.88. The molecule has 5 nitrogen and oxygen atoms in total. The second-order valence-corrected chi connectivity index (χ2v) is 9.33. The zero-order chi connectivity index (χ0) is 18.9. The van der Waals surface area contributed by atoms with E-state index in [4.69, 9.17) is 0 Å². The van der Waals surface area contributed by atoms with Gasteiger partial charge in [0.1, 0.15) is 0 Å². The lowest BCUT2D eigenvalue weighted by Gasteiger charge is -2.20. The maximum atomic E-state index is 12.8. The first kappa shape index (κ1) is 19.1. The highest BCUT2D eigenvalue weighted by atomic mass is 32.2. The van der Waals surface area contributed by atoms with Crippen LogP contribution in [0, 0.1) is 6.92 Å². The van der Waals surface area contributed by atoms with Gasteiger partial charge in [0, 0.05) is 18.8 Å². The Morgan fingerprint density at radius 1 is 1.23 bits per heavy atom. The number of carbonyl (C=O) groups is 1. The molecule has 1 aromatic heterocycles. The molecule has 1 aliphatic rings. The third-order valence-corrected chi connectivity index (χ3v) is 7.81. The summed E-state index contributed by atoms with van der Waals surface area (Å²) in [5.74, 6) is 0.329. The number of anilines is 1. The quantitative estimate of drug-likeness (QED) is 0.767. The summed E-state index contributed by atoms with van der Waals surface area (Å²) in [5, 5.41) is 4.81. The number of amides is 1. The van der Waals surface area contributed by atoms with Crippen molar-refractivity contribution < 1.29 is 13.2 Å². The van der Waals surface area contributed by atoms with E-state index in [0.29, 0.717) is 30.3 Å². The van der Waals surface area contributed by atoms with Gasteiger partial charge in [0.15, 0.2) is 0 Å². The van der Waals surface area contributed by atoms with E-state index in [1.807, 2.05) is 25.3 Å². The van der Waals surface area contributed by atoms with Crippen LogP contribution < -0.4 is 5.32 Å². The molecule has 1 fully saturated rings. The lowest BCUT2D eigenvalue weighted by molar-refractivity contribution is 0.102. The van der Waals surface area contributed by atoms with E-state index in [-0.39, 0.29) is 10.8 Å². The molecule has 1 saturated carbocycles. The fourth-order valence-corrected chi connectivity index (χ4v) is 5.65. The maximum Gasteiger partial charge on any atom is 0.266 e. The second kappa shape index (κ2) is 7.50. The number of thiophene rings is 1. The van der Waals surface area contributed by atoms with Gasteiger partial charge in [0.25, 0.3) is 5.91 Å². The van der Waals surface area contributed by atoms with Crippen molar-refractivity contribution in [2.75, 3.05) is 18.4 Å². The molecule has 2 aromatic rings. The molecular weight excluding hydrogens is 368 g/mol. The van der Waals surface area contributed by atoms with Crippen molar-refractivity contribution in [1.29, 1.82) is 0 Å². The molecule has 0 radical (unpaired) electrons. The molecule has 7 heteroatoms. The Morgan fingerprint density at radius 2 is 1.92 bits per heavy atom. The molecule has 0 bridgehead atoms. The molecule has 0 atom stereocenters. The first-order chi connectivity index (χ1) is 12.4. The molecular formula is C19H24N2O3S2. The van der Waals surface area contributed by atoms with Crippen molar-refractivity contribution in [1.82, 2.24) is 4.31 Å². The lowest BCUT2D eigenvalue weighted by Crippen LogP contribution is -2.31. The van der Waals surface area contributed by atoms with Crippen molar-refractivity contribution in [2.45, 2.75) is 44.4 Å². The number of rotatable bonds is 7. The van der Waals surface area contributed by atoms with Crippen LogP contribution in [0.2, 0.25) is 0 Å². The van der Waals surface area contributed by atoms with Gasteiger partial charge >= 0.3 is 0 Å². The number of aryl methyl sites for hydroxylation is 1. The highest BCUT2D eigenvalue weighted by molar-refractivity contribution is 7.89. The van der Waals surface area contributed by atoms with Crippen LogP contribution in [0.25, 0.3) is 0 Å². The van der Waals surface area contributed by atoms with E-state index in [2.05, 4.69) is 5.32 Å². The van der Waals surface area contributed by atoms with Crippen LogP contribution in [0.15, 0.2) is 34.5 Å². The van der Waals surface area contributed by atoms with E-state index >= 15 is 0 Å². The maximum absolute atomic E-state index is 12.8. The zero-order valence-electron chi connectivity index (χ0n) is 15.3. The normalized spacial score (nSPS) is 14.6. The summed E-state index contributed by atoms with van der Waals surface area (Å²) < 4.78 is 27.1. The summed E-state index contributed by atoms with van der Waals surface area (Å²) in [6, 6.07) is 7.06. The van der Waals surface area contributed by atoms with Crippen LogP contribution in [0.5, 0.6) is 0 Å². The van der Waals surface area contributed by atoms with Gasteiger partial charge in [-0.3, -0.25) is 4.79 Å². The molecule has 1 N–H and O–H groups in total. The van der Waals surface area contributed by atoms with E-state index < -0.39 is 10.0 Å². The molecule has 0 spiro atoms. The summed E-state index contributed by atoms with van der Waals surface area (Å²) in [7, 11) is -3.57. The lowest BCUT2D eigenvalue weighted by atomic mass is 10.1. The van der Waals surface area contributed by atoms with Crippen LogP contribution in [-0.4, -0.2) is 31.7 Å². The van der Waals surface area contributed by atoms with Crippen molar-refractivity contribution >= 4 is 33.0 Å². The minimum atomic E-state index is -3.57. The highest BCUT2D eigenvalue weighted by Gasteiger charge is 2.29. The number of sulfonamides is 1. The van der Waals surface area contributed by atoms with Crippen molar-refractivity contribution in [3.63, 3.8) is 0 Å². The minimum Gasteiger partial charge on any atom is -0.321 e. The topological polar surface area (TPSA) is 66.5 Å². The van der Waals surface area contributed by atoms with Crippen LogP contribution in [0.1, 0.15) is 53.4 Å². The predicted molar refractivity (Wildman–Crippen MR) is 106 cm³/mol. The molecule has 26 heavy (non-hydrogen) atoms. The molecule has 1 aliphatic carbocycles. The Bertz CT molecular complexity index is 911. The number of nitrogens with one attached hydrogen (secondary N) is 1. The van der Waals surface area contributed by atoms with Gasteiger partial charge in [-0.15, -0.1) is 11.3 Å². The smallest absolute Gasteiger partial charge is 0.266 e. The van der Waals surface area contributed by atoms with Crippen LogP contribution in [0.4, 0.5) is 5.69 Å². The summed E-state index contributed by atoms with van der Waals surface area (Å²) in [5.41, 5.74) is 2.28. The van der Waals surface area contributed by atoms with E-state index in [0.717, 1.165) is 23.3 Å². The molecule has 0 unspecified atom stereocenters. The van der Waals surface area contributed by atoms with E-state index in [1.165, 1.54) is 15.6 Å². The fraction of sp³-hybridized carbons (Fsp3) is 0.421. The van der Waals surface area contributed by atoms with Gasteiger partial charge in [-0.25, -0.2) is 8.42 Å². The van der Waals surface area contributed by atoms with Crippen molar-refractivity contribution in [3.05, 3.63) is 45.6 Å². The average molecular weight is 393 g/mol. The fourth-order valence-electron chi connectivity index (χ4n) is 3.07. The minimum absolute atomic E-state index is 0.169. The van der Waals surface area contributed by atoms with Gasteiger partial charge in [-0.1, -0.05) is 19.9 Å². The zero-order valence-corrected chi connectivity index (χ0v) is 16.9. The third-order valence-electron chi connectivity index (χ3n) is 4.69. The number of carbonyl (C=O) groups excluding carboxylic acids is 1. The second-order valence-electron chi connectivity index (χ2n) is 6.50. The Kier molecular flexibility index (Phi) is 5.50. The molecule has 140 valence electrons. The van der Waals surface area contributed by atoms with Gasteiger partial charge in [-0.05, 0) is 60.4 Å². The Labute approximate surface area is 159 Å². The summed E-state index contributed by atoms with van der Waals surface area (Å²) in [4.78, 5) is 13.6. The summed E-state index contributed by atoms with van der Waals surface area (Å²) >= 11 is 1.43. The van der Waals surface area contributed by atoms with Crippen molar-refractivity contribution in [3.8, 4) is 0 Å². The molecule has 3 rings (SSSR count). The van der Waals surface area contributed by atoms with E-state index in [1.54, 1.807) is 25.1 Å². The van der Waals surface area contributed by atoms with Crippen LogP contribution in [0.3, 0.4) is 0 Å². The highest BCUT2D eigenvalue weighted by Crippen LogP contribution is 2.43. The molecule has 0 saturated heterocycles. The first-order valence-corrected chi connectivity index (χ1v) is 11.2. The van der Waals surface area contributed by atoms with Crippen LogP contribution >= 0.6 is 11.3 Å². The van der Waals surface area contributed by atoms with E-state index in [9.17, 15) is 13.2 Å². The average Bonchev–Trinajstić information content (AvgIpc) is 3.33. The third kappa shape index (κ3) is 3.70. The predicted octanol–water partition coefficient (Wildman–Crippen LogP) is 4.22. The van der Waals surface area contributed by atoms with Crippen LogP contribution in [-0.2, 0) is 10.0 Å². The Morgan fingerprint density at radius 3 is 2.54 bits per heavy atom. The standard InChI is InChI=1S/C19H24N2O3S2/c1-4-21(5-2)26(23,24)17-12-15(9-6-13(17)3)20-19(22)18-16(10-11-25-18)14-7-8-14/h6,9-12,14H,4-5,7-8H2,1-3H3,(H,20,22). The van der Waals surface area contributed by atoms with Gasteiger partial charge < -0.3 is 5.32 Å². The van der Waals surface area contributed by atoms with Crippen molar-refractivity contribution in [2.24, 2.45) is 0 Å². The largest absolute Gasteiger partial charge is 0.321 e.